The summed E-state index contributed by atoms with van der Waals surface area (Å²) >= 11 is 1.44. The molecule has 1 aliphatic carbocycles. The van der Waals surface area contributed by atoms with E-state index >= 15 is 0 Å². The molecular formula is C24H31FN4O2S. The van der Waals surface area contributed by atoms with E-state index in [9.17, 15) is 14.0 Å². The molecule has 3 N–H and O–H groups in total. The van der Waals surface area contributed by atoms with Crippen LogP contribution in [0.3, 0.4) is 0 Å². The SMILES string of the molecule is O=C(NC1CCCCC1)C1CCN(C2NC(=O)C3SC=C(c4ccccc4F)C3N2)CC1. The van der Waals surface area contributed by atoms with E-state index in [1.54, 1.807) is 12.1 Å². The lowest BCUT2D eigenvalue weighted by atomic mass is 9.92. The molecule has 4 aliphatic rings. The lowest BCUT2D eigenvalue weighted by Gasteiger charge is -2.43. The molecule has 3 unspecified atom stereocenters. The van der Waals surface area contributed by atoms with Crippen LogP contribution >= 0.6 is 11.8 Å². The molecule has 0 radical (unpaired) electrons. The molecule has 8 heteroatoms. The largest absolute Gasteiger partial charge is 0.353 e. The summed E-state index contributed by atoms with van der Waals surface area (Å²) in [5.41, 5.74) is 1.38. The Balaban J connectivity index is 1.19. The summed E-state index contributed by atoms with van der Waals surface area (Å²) in [7, 11) is 0. The number of rotatable bonds is 4. The molecule has 32 heavy (non-hydrogen) atoms. The number of halogens is 1. The van der Waals surface area contributed by atoms with Crippen LogP contribution in [0.1, 0.15) is 50.5 Å². The van der Waals surface area contributed by atoms with Gasteiger partial charge in [-0.1, -0.05) is 37.5 Å². The van der Waals surface area contributed by atoms with Gasteiger partial charge in [0.1, 0.15) is 17.4 Å². The molecule has 0 aromatic heterocycles. The summed E-state index contributed by atoms with van der Waals surface area (Å²) in [6.07, 6.45) is 7.15. The number of carbonyl (C=O) groups is 2. The molecule has 1 saturated carbocycles. The second-order valence-electron chi connectivity index (χ2n) is 9.32. The van der Waals surface area contributed by atoms with Gasteiger partial charge in [0.25, 0.3) is 0 Å². The zero-order valence-electron chi connectivity index (χ0n) is 18.2. The minimum absolute atomic E-state index is 0.0245. The summed E-state index contributed by atoms with van der Waals surface area (Å²) in [6.45, 7) is 1.48. The lowest BCUT2D eigenvalue weighted by molar-refractivity contribution is -0.130. The highest BCUT2D eigenvalue weighted by atomic mass is 32.2. The van der Waals surface area contributed by atoms with E-state index in [0.717, 1.165) is 44.3 Å². The van der Waals surface area contributed by atoms with Crippen molar-refractivity contribution in [2.24, 2.45) is 5.92 Å². The van der Waals surface area contributed by atoms with Crippen molar-refractivity contribution in [2.45, 2.75) is 68.6 Å². The Morgan fingerprint density at radius 1 is 1.09 bits per heavy atom. The van der Waals surface area contributed by atoms with Crippen LogP contribution in [-0.2, 0) is 9.59 Å². The van der Waals surface area contributed by atoms with Crippen molar-refractivity contribution in [3.8, 4) is 0 Å². The van der Waals surface area contributed by atoms with Crippen LogP contribution in [0.25, 0.3) is 5.57 Å². The van der Waals surface area contributed by atoms with Crippen LogP contribution in [0, 0.1) is 11.7 Å². The van der Waals surface area contributed by atoms with Crippen LogP contribution in [0.15, 0.2) is 29.7 Å². The topological polar surface area (TPSA) is 73.5 Å². The summed E-state index contributed by atoms with van der Waals surface area (Å²) < 4.78 is 14.4. The van der Waals surface area contributed by atoms with Crippen LogP contribution in [0.5, 0.6) is 0 Å². The maximum atomic E-state index is 14.4. The third-order valence-electron chi connectivity index (χ3n) is 7.26. The van der Waals surface area contributed by atoms with Crippen LogP contribution < -0.4 is 16.0 Å². The average molecular weight is 459 g/mol. The number of nitrogens with one attached hydrogen (secondary N) is 3. The quantitative estimate of drug-likeness (QED) is 0.647. The maximum absolute atomic E-state index is 14.4. The Labute approximate surface area is 192 Å². The minimum Gasteiger partial charge on any atom is -0.353 e. The first kappa shape index (κ1) is 21.9. The number of hydrogen-bond acceptors (Lipinski definition) is 5. The summed E-state index contributed by atoms with van der Waals surface area (Å²) in [4.78, 5) is 27.7. The van der Waals surface area contributed by atoms with E-state index in [1.165, 1.54) is 37.1 Å². The molecule has 3 aliphatic heterocycles. The van der Waals surface area contributed by atoms with Crippen molar-refractivity contribution >= 4 is 29.1 Å². The Hall–Kier alpha value is -1.90. The number of likely N-dealkylation sites (tertiary alicyclic amines) is 1. The molecule has 0 spiro atoms. The second kappa shape index (κ2) is 9.53. The molecule has 2 saturated heterocycles. The Kier molecular flexibility index (Phi) is 6.53. The van der Waals surface area contributed by atoms with E-state index in [1.807, 2.05) is 11.5 Å². The van der Waals surface area contributed by atoms with Crippen molar-refractivity contribution < 1.29 is 14.0 Å². The van der Waals surface area contributed by atoms with Crippen LogP contribution in [0.2, 0.25) is 0 Å². The Morgan fingerprint density at radius 2 is 1.84 bits per heavy atom. The summed E-state index contributed by atoms with van der Waals surface area (Å²) in [5.74, 6) is -0.0667. The van der Waals surface area contributed by atoms with Gasteiger partial charge < -0.3 is 10.6 Å². The standard InChI is InChI=1S/C24H31FN4O2S/c25-19-9-5-4-8-17(19)18-14-32-21-20(18)27-24(28-23(21)31)29-12-10-15(11-13-29)22(30)26-16-6-2-1-3-7-16/h4-5,8-9,14-16,20-21,24,27H,1-3,6-7,10-13H2,(H,26,30)(H,28,31). The van der Waals surface area contributed by atoms with E-state index in [-0.39, 0.29) is 41.1 Å². The number of amides is 2. The number of nitrogens with zero attached hydrogens (tertiary/aromatic N) is 1. The van der Waals surface area contributed by atoms with Gasteiger partial charge >= 0.3 is 0 Å². The number of benzene rings is 1. The van der Waals surface area contributed by atoms with E-state index in [2.05, 4.69) is 20.9 Å². The highest BCUT2D eigenvalue weighted by Crippen LogP contribution is 2.39. The van der Waals surface area contributed by atoms with Gasteiger partial charge in [-0.05, 0) is 42.7 Å². The summed E-state index contributed by atoms with van der Waals surface area (Å²) in [5, 5.41) is 11.5. The van der Waals surface area contributed by atoms with Crippen LogP contribution in [-0.4, -0.2) is 53.4 Å². The fourth-order valence-corrected chi connectivity index (χ4v) is 6.53. The molecule has 3 heterocycles. The summed E-state index contributed by atoms with van der Waals surface area (Å²) in [6, 6.07) is 6.83. The first-order chi connectivity index (χ1) is 15.6. The highest BCUT2D eigenvalue weighted by molar-refractivity contribution is 8.04. The first-order valence-corrected chi connectivity index (χ1v) is 12.8. The Bertz CT molecular complexity index is 896. The molecule has 6 nitrogen and oxygen atoms in total. The third kappa shape index (κ3) is 4.45. The Morgan fingerprint density at radius 3 is 2.59 bits per heavy atom. The normalized spacial score (nSPS) is 29.8. The molecule has 1 aromatic carbocycles. The third-order valence-corrected chi connectivity index (χ3v) is 8.43. The van der Waals surface area contributed by atoms with E-state index in [0.29, 0.717) is 11.6 Å². The van der Waals surface area contributed by atoms with Gasteiger partial charge in [-0.3, -0.25) is 19.8 Å². The lowest BCUT2D eigenvalue weighted by Crippen LogP contribution is -2.68. The van der Waals surface area contributed by atoms with Gasteiger partial charge in [0.05, 0.1) is 6.04 Å². The molecule has 3 fully saturated rings. The zero-order chi connectivity index (χ0) is 22.1. The predicted octanol–water partition coefficient (Wildman–Crippen LogP) is 2.81. The van der Waals surface area contributed by atoms with E-state index in [4.69, 9.17) is 0 Å². The fraction of sp³-hybridized carbons (Fsp3) is 0.583. The highest BCUT2D eigenvalue weighted by Gasteiger charge is 2.44. The molecule has 2 amide bonds. The van der Waals surface area contributed by atoms with Gasteiger partial charge in [0.15, 0.2) is 0 Å². The first-order valence-electron chi connectivity index (χ1n) is 11.8. The number of piperidine rings is 1. The minimum atomic E-state index is -0.306. The number of thioether (sulfide) groups is 1. The monoisotopic (exact) mass is 458 g/mol. The smallest absolute Gasteiger partial charge is 0.237 e. The maximum Gasteiger partial charge on any atom is 0.237 e. The van der Waals surface area contributed by atoms with Gasteiger partial charge in [-0.15, -0.1) is 11.8 Å². The zero-order valence-corrected chi connectivity index (χ0v) is 19.0. The predicted molar refractivity (Wildman–Crippen MR) is 124 cm³/mol. The molecule has 1 aromatic rings. The van der Waals surface area contributed by atoms with Crippen molar-refractivity contribution in [1.82, 2.24) is 20.9 Å². The molecule has 172 valence electrons. The van der Waals surface area contributed by atoms with E-state index < -0.39 is 0 Å². The van der Waals surface area contributed by atoms with Crippen molar-refractivity contribution in [3.05, 3.63) is 41.1 Å². The second-order valence-corrected chi connectivity index (χ2v) is 10.3. The molecule has 0 bridgehead atoms. The van der Waals surface area contributed by atoms with Gasteiger partial charge in [0, 0.05) is 30.6 Å². The molecule has 3 atom stereocenters. The number of fused-ring (bicyclic) bond motifs is 1. The molecule has 5 rings (SSSR count). The number of hydrogen-bond donors (Lipinski definition) is 3. The average Bonchev–Trinajstić information content (AvgIpc) is 3.24. The van der Waals surface area contributed by atoms with Gasteiger partial charge in [-0.25, -0.2) is 4.39 Å². The van der Waals surface area contributed by atoms with Gasteiger partial charge in [-0.2, -0.15) is 0 Å². The fourth-order valence-electron chi connectivity index (χ4n) is 5.39. The number of carbonyl (C=O) groups excluding carboxylic acids is 2. The molecular weight excluding hydrogens is 427 g/mol. The van der Waals surface area contributed by atoms with Crippen molar-refractivity contribution in [3.63, 3.8) is 0 Å². The van der Waals surface area contributed by atoms with Crippen LogP contribution in [0.4, 0.5) is 4.39 Å². The van der Waals surface area contributed by atoms with Crippen molar-refractivity contribution in [1.29, 1.82) is 0 Å². The van der Waals surface area contributed by atoms with Gasteiger partial charge in [0.2, 0.25) is 11.8 Å². The van der Waals surface area contributed by atoms with Crippen molar-refractivity contribution in [2.75, 3.05) is 13.1 Å².